The van der Waals surface area contributed by atoms with Crippen molar-refractivity contribution in [1.29, 1.82) is 0 Å². The molecule has 2 aromatic heterocycles. The molecule has 2 aromatic carbocycles. The molecule has 1 atom stereocenters. The fraction of sp³-hybridized carbons (Fsp3) is 0.304. The van der Waals surface area contributed by atoms with E-state index in [1.807, 2.05) is 54.7 Å². The Bertz CT molecular complexity index is 1190. The van der Waals surface area contributed by atoms with E-state index in [-0.39, 0.29) is 5.91 Å². The molecule has 1 amide bonds. The van der Waals surface area contributed by atoms with Gasteiger partial charge in [-0.2, -0.15) is 5.10 Å². The third-order valence-electron chi connectivity index (χ3n) is 6.00. The number of nitrogens with one attached hydrogen (secondary N) is 2. The average molecular weight is 416 g/mol. The Balaban J connectivity index is 1.28. The molecule has 0 bridgehead atoms. The normalized spacial score (nSPS) is 16.7. The topological polar surface area (TPSA) is 91.7 Å². The third-order valence-corrected chi connectivity index (χ3v) is 6.00. The predicted octanol–water partition coefficient (Wildman–Crippen LogP) is 3.02. The van der Waals surface area contributed by atoms with E-state index < -0.39 is 0 Å². The van der Waals surface area contributed by atoms with Gasteiger partial charge in [0.25, 0.3) is 5.91 Å². The van der Waals surface area contributed by atoms with E-state index in [0.29, 0.717) is 23.8 Å². The SMILES string of the molecule is CCN1CCCC1CNC(=O)c1ccc(-n2cc(-c3n[nH]c4ccccc34)nn2)cc1. The number of hydrogen-bond donors (Lipinski definition) is 2. The van der Waals surface area contributed by atoms with Crippen LogP contribution in [0.5, 0.6) is 0 Å². The molecule has 4 aromatic rings. The fourth-order valence-electron chi connectivity index (χ4n) is 4.28. The van der Waals surface area contributed by atoms with Gasteiger partial charge in [0.05, 0.1) is 17.4 Å². The van der Waals surface area contributed by atoms with Crippen molar-refractivity contribution in [2.45, 2.75) is 25.8 Å². The van der Waals surface area contributed by atoms with Crippen LogP contribution in [0.15, 0.2) is 54.7 Å². The number of carbonyl (C=O) groups is 1. The van der Waals surface area contributed by atoms with Gasteiger partial charge in [0.15, 0.2) is 0 Å². The second-order valence-corrected chi connectivity index (χ2v) is 7.85. The van der Waals surface area contributed by atoms with E-state index in [0.717, 1.165) is 41.8 Å². The summed E-state index contributed by atoms with van der Waals surface area (Å²) < 4.78 is 1.69. The minimum Gasteiger partial charge on any atom is -0.350 e. The van der Waals surface area contributed by atoms with E-state index in [9.17, 15) is 4.79 Å². The van der Waals surface area contributed by atoms with Gasteiger partial charge in [0.2, 0.25) is 0 Å². The van der Waals surface area contributed by atoms with Crippen molar-refractivity contribution in [3.8, 4) is 17.1 Å². The molecule has 0 spiro atoms. The number of nitrogens with zero attached hydrogens (tertiary/aromatic N) is 5. The Morgan fingerprint density at radius 3 is 2.87 bits per heavy atom. The summed E-state index contributed by atoms with van der Waals surface area (Å²) in [5.74, 6) is -0.0447. The maximum absolute atomic E-state index is 12.6. The van der Waals surface area contributed by atoms with Crippen LogP contribution >= 0.6 is 0 Å². The summed E-state index contributed by atoms with van der Waals surface area (Å²) in [4.78, 5) is 15.0. The lowest BCUT2D eigenvalue weighted by molar-refractivity contribution is 0.0941. The van der Waals surface area contributed by atoms with Crippen molar-refractivity contribution in [3.05, 3.63) is 60.3 Å². The van der Waals surface area contributed by atoms with Crippen molar-refractivity contribution >= 4 is 16.8 Å². The number of likely N-dealkylation sites (tertiary alicyclic amines) is 1. The second-order valence-electron chi connectivity index (χ2n) is 7.85. The Hall–Kier alpha value is -3.52. The molecule has 3 heterocycles. The summed E-state index contributed by atoms with van der Waals surface area (Å²) in [6, 6.07) is 15.8. The number of para-hydroxylation sites is 1. The van der Waals surface area contributed by atoms with Crippen LogP contribution in [-0.4, -0.2) is 61.7 Å². The largest absolute Gasteiger partial charge is 0.350 e. The number of aromatic nitrogens is 5. The van der Waals surface area contributed by atoms with Crippen LogP contribution in [0.3, 0.4) is 0 Å². The molecule has 1 fully saturated rings. The first kappa shape index (κ1) is 19.4. The molecule has 0 aliphatic carbocycles. The monoisotopic (exact) mass is 415 g/mol. The number of aromatic amines is 1. The van der Waals surface area contributed by atoms with E-state index in [2.05, 4.69) is 37.6 Å². The van der Waals surface area contributed by atoms with Crippen LogP contribution in [-0.2, 0) is 0 Å². The van der Waals surface area contributed by atoms with Crippen molar-refractivity contribution in [2.24, 2.45) is 0 Å². The smallest absolute Gasteiger partial charge is 0.251 e. The molecule has 158 valence electrons. The maximum Gasteiger partial charge on any atom is 0.251 e. The zero-order chi connectivity index (χ0) is 21.2. The quantitative estimate of drug-likeness (QED) is 0.505. The Kier molecular flexibility index (Phi) is 5.21. The van der Waals surface area contributed by atoms with Gasteiger partial charge in [-0.1, -0.05) is 30.3 Å². The van der Waals surface area contributed by atoms with Gasteiger partial charge in [0, 0.05) is 23.5 Å². The molecule has 0 saturated carbocycles. The van der Waals surface area contributed by atoms with Gasteiger partial charge in [-0.25, -0.2) is 4.68 Å². The minimum atomic E-state index is -0.0447. The molecule has 1 saturated heterocycles. The summed E-state index contributed by atoms with van der Waals surface area (Å²) >= 11 is 0. The van der Waals surface area contributed by atoms with Crippen LogP contribution in [0.4, 0.5) is 0 Å². The van der Waals surface area contributed by atoms with E-state index in [1.54, 1.807) is 4.68 Å². The number of carbonyl (C=O) groups excluding carboxylic acids is 1. The van der Waals surface area contributed by atoms with Crippen LogP contribution in [0.2, 0.25) is 0 Å². The lowest BCUT2D eigenvalue weighted by atomic mass is 10.1. The van der Waals surface area contributed by atoms with Crippen molar-refractivity contribution in [1.82, 2.24) is 35.4 Å². The van der Waals surface area contributed by atoms with E-state index >= 15 is 0 Å². The molecule has 5 rings (SSSR count). The summed E-state index contributed by atoms with van der Waals surface area (Å²) in [6.07, 6.45) is 4.20. The van der Waals surface area contributed by atoms with Crippen LogP contribution in [0, 0.1) is 0 Å². The molecule has 8 nitrogen and oxygen atoms in total. The first-order valence-electron chi connectivity index (χ1n) is 10.7. The molecule has 8 heteroatoms. The highest BCUT2D eigenvalue weighted by molar-refractivity contribution is 5.94. The number of hydrogen-bond acceptors (Lipinski definition) is 5. The number of fused-ring (bicyclic) bond motifs is 1. The summed E-state index contributed by atoms with van der Waals surface area (Å²) in [7, 11) is 0. The van der Waals surface area contributed by atoms with E-state index in [4.69, 9.17) is 0 Å². The molecule has 1 aliphatic rings. The van der Waals surface area contributed by atoms with Crippen molar-refractivity contribution < 1.29 is 4.79 Å². The van der Waals surface area contributed by atoms with Gasteiger partial charge in [-0.05, 0) is 56.3 Å². The fourth-order valence-corrected chi connectivity index (χ4v) is 4.28. The Morgan fingerprint density at radius 1 is 1.19 bits per heavy atom. The van der Waals surface area contributed by atoms with Gasteiger partial charge < -0.3 is 5.32 Å². The van der Waals surface area contributed by atoms with E-state index in [1.165, 1.54) is 6.42 Å². The molecular weight excluding hydrogens is 390 g/mol. The number of amides is 1. The van der Waals surface area contributed by atoms with Gasteiger partial charge in [0.1, 0.15) is 11.4 Å². The van der Waals surface area contributed by atoms with Crippen molar-refractivity contribution in [3.63, 3.8) is 0 Å². The number of H-pyrrole nitrogens is 1. The molecule has 1 aliphatic heterocycles. The highest BCUT2D eigenvalue weighted by Crippen LogP contribution is 2.24. The Morgan fingerprint density at radius 2 is 2.03 bits per heavy atom. The maximum atomic E-state index is 12.6. The molecule has 1 unspecified atom stereocenters. The summed E-state index contributed by atoms with van der Waals surface area (Å²) in [5, 5.41) is 20.0. The molecule has 2 N–H and O–H groups in total. The van der Waals surface area contributed by atoms with Crippen molar-refractivity contribution in [2.75, 3.05) is 19.6 Å². The van der Waals surface area contributed by atoms with Crippen LogP contribution < -0.4 is 5.32 Å². The first-order valence-corrected chi connectivity index (χ1v) is 10.7. The zero-order valence-corrected chi connectivity index (χ0v) is 17.5. The second kappa shape index (κ2) is 8.31. The lowest BCUT2D eigenvalue weighted by Crippen LogP contribution is -2.40. The van der Waals surface area contributed by atoms with Gasteiger partial charge >= 0.3 is 0 Å². The predicted molar refractivity (Wildman–Crippen MR) is 119 cm³/mol. The molecule has 31 heavy (non-hydrogen) atoms. The first-order chi connectivity index (χ1) is 15.2. The Labute approximate surface area is 180 Å². The number of likely N-dealkylation sites (N-methyl/N-ethyl adjacent to an activating group) is 1. The van der Waals surface area contributed by atoms with Gasteiger partial charge in [-0.3, -0.25) is 14.8 Å². The molecular formula is C23H25N7O. The number of rotatable bonds is 6. The standard InChI is InChI=1S/C23H25N7O/c1-2-29-13-5-6-18(29)14-24-23(31)16-9-11-17(12-10-16)30-15-21(26-28-30)22-19-7-3-4-8-20(19)25-27-22/h3-4,7-12,15,18H,2,5-6,13-14H2,1H3,(H,24,31)(H,25,27). The third kappa shape index (κ3) is 3.82. The summed E-state index contributed by atoms with van der Waals surface area (Å²) in [6.45, 7) is 5.02. The van der Waals surface area contributed by atoms with Gasteiger partial charge in [-0.15, -0.1) is 5.10 Å². The summed E-state index contributed by atoms with van der Waals surface area (Å²) in [5.41, 5.74) is 3.90. The average Bonchev–Trinajstić information content (AvgIpc) is 3.56. The highest BCUT2D eigenvalue weighted by atomic mass is 16.1. The molecule has 0 radical (unpaired) electrons. The van der Waals surface area contributed by atoms with Crippen LogP contribution in [0.1, 0.15) is 30.1 Å². The zero-order valence-electron chi connectivity index (χ0n) is 17.5. The minimum absolute atomic E-state index is 0.0447. The highest BCUT2D eigenvalue weighted by Gasteiger charge is 2.23. The number of benzene rings is 2. The van der Waals surface area contributed by atoms with Crippen LogP contribution in [0.25, 0.3) is 28.0 Å². The lowest BCUT2D eigenvalue weighted by Gasteiger charge is -2.22.